The number of rotatable bonds is 7. The zero-order valence-electron chi connectivity index (χ0n) is 13.3. The molecule has 5 heteroatoms. The van der Waals surface area contributed by atoms with Crippen molar-refractivity contribution in [2.24, 2.45) is 0 Å². The van der Waals surface area contributed by atoms with Crippen LogP contribution < -0.4 is 4.74 Å². The summed E-state index contributed by atoms with van der Waals surface area (Å²) in [4.78, 5) is 14.3. The van der Waals surface area contributed by atoms with Crippen molar-refractivity contribution in [2.75, 3.05) is 26.8 Å². The van der Waals surface area contributed by atoms with Gasteiger partial charge in [-0.3, -0.25) is 4.79 Å². The summed E-state index contributed by atoms with van der Waals surface area (Å²) >= 11 is 3.48. The Labute approximate surface area is 140 Å². The van der Waals surface area contributed by atoms with Gasteiger partial charge in [0.2, 0.25) is 5.91 Å². The molecule has 1 saturated heterocycles. The maximum absolute atomic E-state index is 12.4. The number of carbonyl (C=O) groups is 1. The Balaban J connectivity index is 1.86. The normalized spacial score (nSPS) is 17.5. The fraction of sp³-hybridized carbons (Fsp3) is 0.588. The van der Waals surface area contributed by atoms with Crippen LogP contribution in [0.25, 0.3) is 0 Å². The Morgan fingerprint density at radius 1 is 1.50 bits per heavy atom. The van der Waals surface area contributed by atoms with Gasteiger partial charge in [0.25, 0.3) is 0 Å². The highest BCUT2D eigenvalue weighted by Crippen LogP contribution is 2.26. The molecule has 1 fully saturated rings. The van der Waals surface area contributed by atoms with Crippen LogP contribution in [0.4, 0.5) is 0 Å². The van der Waals surface area contributed by atoms with E-state index in [-0.39, 0.29) is 12.0 Å². The molecular weight excluding hydrogens is 346 g/mol. The molecule has 0 spiro atoms. The maximum atomic E-state index is 12.4. The van der Waals surface area contributed by atoms with Crippen molar-refractivity contribution in [1.29, 1.82) is 0 Å². The van der Waals surface area contributed by atoms with Crippen LogP contribution in [-0.4, -0.2) is 43.7 Å². The lowest BCUT2D eigenvalue weighted by Gasteiger charge is -2.24. The molecule has 1 heterocycles. The topological polar surface area (TPSA) is 38.8 Å². The first-order chi connectivity index (χ1) is 10.6. The molecule has 0 saturated carbocycles. The van der Waals surface area contributed by atoms with Crippen LogP contribution in [0.2, 0.25) is 0 Å². The van der Waals surface area contributed by atoms with Crippen LogP contribution in [0, 0.1) is 0 Å². The van der Waals surface area contributed by atoms with Crippen LogP contribution in [0.1, 0.15) is 31.7 Å². The van der Waals surface area contributed by atoms with Crippen LogP contribution in [-0.2, 0) is 16.0 Å². The highest BCUT2D eigenvalue weighted by molar-refractivity contribution is 9.10. The maximum Gasteiger partial charge on any atom is 0.222 e. The van der Waals surface area contributed by atoms with Gasteiger partial charge in [-0.2, -0.15) is 0 Å². The van der Waals surface area contributed by atoms with Crippen molar-refractivity contribution in [3.63, 3.8) is 0 Å². The molecule has 0 aromatic heterocycles. The van der Waals surface area contributed by atoms with Crippen molar-refractivity contribution < 1.29 is 14.3 Å². The van der Waals surface area contributed by atoms with E-state index in [4.69, 9.17) is 9.47 Å². The van der Waals surface area contributed by atoms with Gasteiger partial charge in [0.1, 0.15) is 5.75 Å². The van der Waals surface area contributed by atoms with Crippen molar-refractivity contribution in [1.82, 2.24) is 4.90 Å². The van der Waals surface area contributed by atoms with Crippen LogP contribution >= 0.6 is 15.9 Å². The molecule has 1 aromatic rings. The van der Waals surface area contributed by atoms with E-state index in [1.165, 1.54) is 0 Å². The smallest absolute Gasteiger partial charge is 0.222 e. The number of hydrogen-bond acceptors (Lipinski definition) is 3. The lowest BCUT2D eigenvalue weighted by atomic mass is 10.1. The molecule has 1 unspecified atom stereocenters. The molecule has 122 valence electrons. The number of amides is 1. The Bertz CT molecular complexity index is 501. The third-order valence-corrected chi connectivity index (χ3v) is 4.65. The average molecular weight is 370 g/mol. The third-order valence-electron chi connectivity index (χ3n) is 4.03. The number of benzene rings is 1. The fourth-order valence-electron chi connectivity index (χ4n) is 2.72. The molecule has 2 rings (SSSR count). The molecule has 1 aromatic carbocycles. The van der Waals surface area contributed by atoms with E-state index in [1.807, 2.05) is 30.0 Å². The van der Waals surface area contributed by atoms with E-state index in [9.17, 15) is 4.79 Å². The van der Waals surface area contributed by atoms with Gasteiger partial charge in [0.15, 0.2) is 0 Å². The first-order valence-corrected chi connectivity index (χ1v) is 8.65. The first-order valence-electron chi connectivity index (χ1n) is 7.85. The predicted octanol–water partition coefficient (Wildman–Crippen LogP) is 3.42. The minimum absolute atomic E-state index is 0.199. The van der Waals surface area contributed by atoms with Gasteiger partial charge in [-0.25, -0.2) is 0 Å². The molecule has 22 heavy (non-hydrogen) atoms. The Morgan fingerprint density at radius 2 is 2.32 bits per heavy atom. The van der Waals surface area contributed by atoms with Crippen LogP contribution in [0.5, 0.6) is 5.75 Å². The summed E-state index contributed by atoms with van der Waals surface area (Å²) in [5, 5.41) is 0. The van der Waals surface area contributed by atoms with Crippen molar-refractivity contribution >= 4 is 21.8 Å². The van der Waals surface area contributed by atoms with Crippen molar-refractivity contribution in [3.05, 3.63) is 28.2 Å². The van der Waals surface area contributed by atoms with Gasteiger partial charge in [0.05, 0.1) is 17.7 Å². The van der Waals surface area contributed by atoms with E-state index in [0.29, 0.717) is 6.42 Å². The third kappa shape index (κ3) is 4.71. The minimum Gasteiger partial charge on any atom is -0.496 e. The molecule has 1 aliphatic rings. The number of hydrogen-bond donors (Lipinski definition) is 0. The lowest BCUT2D eigenvalue weighted by Crippen LogP contribution is -2.37. The SMILES string of the molecule is CCN(CC1CCCO1)C(=O)CCc1ccc(OC)c(Br)c1. The highest BCUT2D eigenvalue weighted by atomic mass is 79.9. The summed E-state index contributed by atoms with van der Waals surface area (Å²) in [6.07, 6.45) is 3.66. The van der Waals surface area contributed by atoms with Crippen molar-refractivity contribution in [2.45, 2.75) is 38.7 Å². The second-order valence-corrected chi connectivity index (χ2v) is 6.39. The monoisotopic (exact) mass is 369 g/mol. The Kier molecular flexibility index (Phi) is 6.70. The van der Waals surface area contributed by atoms with Gasteiger partial charge in [-0.15, -0.1) is 0 Å². The summed E-state index contributed by atoms with van der Waals surface area (Å²) in [7, 11) is 1.65. The van der Waals surface area contributed by atoms with Gasteiger partial charge < -0.3 is 14.4 Å². The predicted molar refractivity (Wildman–Crippen MR) is 90.2 cm³/mol. The van der Waals surface area contributed by atoms with Crippen LogP contribution in [0.3, 0.4) is 0 Å². The van der Waals surface area contributed by atoms with Gasteiger partial charge >= 0.3 is 0 Å². The molecular formula is C17H24BrNO3. The zero-order valence-corrected chi connectivity index (χ0v) is 14.9. The molecule has 0 aliphatic carbocycles. The molecule has 0 N–H and O–H groups in total. The van der Waals surface area contributed by atoms with Gasteiger partial charge in [-0.1, -0.05) is 6.07 Å². The van der Waals surface area contributed by atoms with E-state index >= 15 is 0 Å². The number of ether oxygens (including phenoxy) is 2. The number of carbonyl (C=O) groups excluding carboxylic acids is 1. The molecule has 1 aliphatic heterocycles. The standard InChI is InChI=1S/C17H24BrNO3/c1-3-19(12-14-5-4-10-22-14)17(20)9-7-13-6-8-16(21-2)15(18)11-13/h6,8,11,14H,3-5,7,9-10,12H2,1-2H3. The largest absolute Gasteiger partial charge is 0.496 e. The summed E-state index contributed by atoms with van der Waals surface area (Å²) in [6.45, 7) is 4.32. The highest BCUT2D eigenvalue weighted by Gasteiger charge is 2.21. The Morgan fingerprint density at radius 3 is 2.91 bits per heavy atom. The number of nitrogens with zero attached hydrogens (tertiary/aromatic N) is 1. The fourth-order valence-corrected chi connectivity index (χ4v) is 3.30. The second kappa shape index (κ2) is 8.53. The summed E-state index contributed by atoms with van der Waals surface area (Å²) in [5.74, 6) is 1.01. The zero-order chi connectivity index (χ0) is 15.9. The minimum atomic E-state index is 0.199. The van der Waals surface area contributed by atoms with Crippen LogP contribution in [0.15, 0.2) is 22.7 Å². The summed E-state index contributed by atoms with van der Waals surface area (Å²) < 4.78 is 11.8. The molecule has 4 nitrogen and oxygen atoms in total. The van der Waals surface area contributed by atoms with E-state index in [0.717, 1.165) is 54.7 Å². The lowest BCUT2D eigenvalue weighted by molar-refractivity contribution is -0.132. The molecule has 1 amide bonds. The number of likely N-dealkylation sites (N-methyl/N-ethyl adjacent to an activating group) is 1. The average Bonchev–Trinajstić information content (AvgIpc) is 3.03. The number of aryl methyl sites for hydroxylation is 1. The summed E-state index contributed by atoms with van der Waals surface area (Å²) in [5.41, 5.74) is 1.13. The number of methoxy groups -OCH3 is 1. The van der Waals surface area contributed by atoms with Gasteiger partial charge in [0, 0.05) is 26.1 Å². The number of halogens is 1. The first kappa shape index (κ1) is 17.3. The molecule has 1 atom stereocenters. The van der Waals surface area contributed by atoms with Gasteiger partial charge in [-0.05, 0) is 59.8 Å². The van der Waals surface area contributed by atoms with E-state index in [2.05, 4.69) is 15.9 Å². The van der Waals surface area contributed by atoms with Crippen molar-refractivity contribution in [3.8, 4) is 5.75 Å². The van der Waals surface area contributed by atoms with E-state index in [1.54, 1.807) is 7.11 Å². The summed E-state index contributed by atoms with van der Waals surface area (Å²) in [6, 6.07) is 5.95. The molecule has 0 bridgehead atoms. The Hall–Kier alpha value is -1.07. The van der Waals surface area contributed by atoms with E-state index < -0.39 is 0 Å². The second-order valence-electron chi connectivity index (χ2n) is 5.54. The molecule has 0 radical (unpaired) electrons. The quantitative estimate of drug-likeness (QED) is 0.738.